The van der Waals surface area contributed by atoms with Crippen LogP contribution in [0.1, 0.15) is 0 Å². The van der Waals surface area contributed by atoms with Crippen LogP contribution >= 0.6 is 11.3 Å². The number of aromatic nitrogens is 4. The van der Waals surface area contributed by atoms with Crippen molar-refractivity contribution in [2.75, 3.05) is 0 Å². The van der Waals surface area contributed by atoms with Crippen LogP contribution in [0.4, 0.5) is 0 Å². The summed E-state index contributed by atoms with van der Waals surface area (Å²) in [6, 6.07) is 49.8. The lowest BCUT2D eigenvalue weighted by molar-refractivity contribution is 0.623. The van der Waals surface area contributed by atoms with E-state index in [2.05, 4.69) is 54.6 Å². The van der Waals surface area contributed by atoms with Crippen molar-refractivity contribution in [1.29, 1.82) is 0 Å². The highest BCUT2D eigenvalue weighted by Gasteiger charge is 2.19. The van der Waals surface area contributed by atoms with Crippen molar-refractivity contribution in [1.82, 2.24) is 19.9 Å². The van der Waals surface area contributed by atoms with Crippen molar-refractivity contribution in [3.63, 3.8) is 0 Å². The molecule has 0 N–H and O–H groups in total. The molecule has 0 radical (unpaired) electrons. The molecule has 7 aromatic carbocycles. The summed E-state index contributed by atoms with van der Waals surface area (Å²) in [7, 11) is 0. The number of thiophene rings is 1. The van der Waals surface area contributed by atoms with Crippen molar-refractivity contribution in [3.05, 3.63) is 146 Å². The molecule has 5 nitrogen and oxygen atoms in total. The highest BCUT2D eigenvalue weighted by molar-refractivity contribution is 7.26. The predicted molar refractivity (Wildman–Crippen MR) is 197 cm³/mol. The van der Waals surface area contributed by atoms with Gasteiger partial charge in [-0.25, -0.2) is 19.9 Å². The molecule has 0 aliphatic rings. The minimum Gasteiger partial charge on any atom is -0.435 e. The van der Waals surface area contributed by atoms with Gasteiger partial charge in [-0.2, -0.15) is 0 Å². The highest BCUT2D eigenvalue weighted by atomic mass is 32.1. The zero-order valence-corrected chi connectivity index (χ0v) is 26.3. The van der Waals surface area contributed by atoms with E-state index in [1.807, 2.05) is 91.0 Å². The van der Waals surface area contributed by atoms with Crippen LogP contribution < -0.4 is 0 Å². The molecule has 0 aliphatic heterocycles. The summed E-state index contributed by atoms with van der Waals surface area (Å²) < 4.78 is 8.76. The van der Waals surface area contributed by atoms with Crippen LogP contribution in [0.5, 0.6) is 0 Å². The van der Waals surface area contributed by atoms with Gasteiger partial charge < -0.3 is 4.42 Å². The maximum atomic E-state index is 6.45. The predicted octanol–water partition coefficient (Wildman–Crippen LogP) is 11.4. The van der Waals surface area contributed by atoms with Crippen LogP contribution in [-0.4, -0.2) is 19.9 Å². The fraction of sp³-hybridized carbons (Fsp3) is 0. The lowest BCUT2D eigenvalue weighted by atomic mass is 9.95. The van der Waals surface area contributed by atoms with Crippen molar-refractivity contribution in [2.24, 2.45) is 0 Å². The molecule has 0 unspecified atom stereocenters. The maximum Gasteiger partial charge on any atom is 0.227 e. The Kier molecular flexibility index (Phi) is 5.98. The molecule has 0 atom stereocenters. The Labute approximate surface area is 278 Å². The van der Waals surface area contributed by atoms with E-state index in [9.17, 15) is 0 Å². The largest absolute Gasteiger partial charge is 0.435 e. The lowest BCUT2D eigenvalue weighted by Gasteiger charge is -2.12. The molecule has 10 aromatic rings. The summed E-state index contributed by atoms with van der Waals surface area (Å²) in [5.41, 5.74) is 5.52. The van der Waals surface area contributed by atoms with Crippen LogP contribution in [0.3, 0.4) is 0 Å². The van der Waals surface area contributed by atoms with Gasteiger partial charge in [-0.15, -0.1) is 11.3 Å². The molecular formula is C42H24N4OS. The third-order valence-electron chi connectivity index (χ3n) is 8.96. The highest BCUT2D eigenvalue weighted by Crippen LogP contribution is 2.45. The van der Waals surface area contributed by atoms with Gasteiger partial charge in [0, 0.05) is 37.7 Å². The van der Waals surface area contributed by atoms with E-state index < -0.39 is 0 Å². The van der Waals surface area contributed by atoms with E-state index in [-0.39, 0.29) is 0 Å². The van der Waals surface area contributed by atoms with Gasteiger partial charge in [-0.05, 0) is 45.8 Å². The molecule has 0 saturated carbocycles. The van der Waals surface area contributed by atoms with E-state index >= 15 is 0 Å². The monoisotopic (exact) mass is 632 g/mol. The number of nitrogens with zero attached hydrogens (tertiary/aromatic N) is 4. The summed E-state index contributed by atoms with van der Waals surface area (Å²) in [5, 5.41) is 7.02. The number of oxazole rings is 1. The van der Waals surface area contributed by atoms with E-state index in [4.69, 9.17) is 24.4 Å². The van der Waals surface area contributed by atoms with Crippen molar-refractivity contribution in [3.8, 4) is 45.6 Å². The Morgan fingerprint density at radius 2 is 1.06 bits per heavy atom. The molecule has 0 aliphatic carbocycles. The Morgan fingerprint density at radius 3 is 1.77 bits per heavy atom. The van der Waals surface area contributed by atoms with Gasteiger partial charge in [-0.3, -0.25) is 0 Å². The molecule has 3 heterocycles. The van der Waals surface area contributed by atoms with Crippen LogP contribution in [-0.2, 0) is 0 Å². The molecule has 0 saturated heterocycles. The van der Waals surface area contributed by atoms with Gasteiger partial charge in [0.1, 0.15) is 5.52 Å². The summed E-state index contributed by atoms with van der Waals surface area (Å²) in [5.74, 6) is 2.58. The zero-order chi connectivity index (χ0) is 31.6. The van der Waals surface area contributed by atoms with Crippen LogP contribution in [0.15, 0.2) is 150 Å². The molecule has 0 fully saturated rings. The number of benzene rings is 7. The first-order chi connectivity index (χ1) is 23.8. The summed E-state index contributed by atoms with van der Waals surface area (Å²) >= 11 is 1.76. The summed E-state index contributed by atoms with van der Waals surface area (Å²) in [4.78, 5) is 19.9. The zero-order valence-electron chi connectivity index (χ0n) is 25.5. The van der Waals surface area contributed by atoms with Gasteiger partial charge in [0.05, 0.1) is 4.70 Å². The number of hydrogen-bond donors (Lipinski definition) is 0. The summed E-state index contributed by atoms with van der Waals surface area (Å²) in [6.07, 6.45) is 0. The second-order valence-electron chi connectivity index (χ2n) is 11.8. The second kappa shape index (κ2) is 10.7. The topological polar surface area (TPSA) is 64.7 Å². The van der Waals surface area contributed by atoms with Crippen LogP contribution in [0.25, 0.3) is 98.4 Å². The third kappa shape index (κ3) is 4.24. The number of hydrogen-bond acceptors (Lipinski definition) is 6. The van der Waals surface area contributed by atoms with E-state index in [1.54, 1.807) is 11.3 Å². The van der Waals surface area contributed by atoms with E-state index in [1.165, 1.54) is 26.2 Å². The van der Waals surface area contributed by atoms with Crippen molar-refractivity contribution >= 4 is 64.2 Å². The number of fused-ring (bicyclic) bond motifs is 9. The van der Waals surface area contributed by atoms with Crippen LogP contribution in [0, 0.1) is 0 Å². The Morgan fingerprint density at radius 1 is 0.438 bits per heavy atom. The molecule has 48 heavy (non-hydrogen) atoms. The van der Waals surface area contributed by atoms with Gasteiger partial charge >= 0.3 is 0 Å². The molecule has 6 heteroatoms. The molecule has 10 rings (SSSR count). The molecular weight excluding hydrogens is 609 g/mol. The minimum absolute atomic E-state index is 0.637. The Bertz CT molecular complexity index is 2770. The van der Waals surface area contributed by atoms with Gasteiger partial charge in [0.15, 0.2) is 23.1 Å². The molecule has 3 aromatic heterocycles. The van der Waals surface area contributed by atoms with E-state index in [0.29, 0.717) is 23.4 Å². The van der Waals surface area contributed by atoms with Crippen LogP contribution in [0.2, 0.25) is 0 Å². The average molecular weight is 633 g/mol. The minimum atomic E-state index is 0.637. The fourth-order valence-electron chi connectivity index (χ4n) is 6.72. The standard InChI is InChI=1S/C42H24N4OS/c1-4-11-26(12-5-1)39-44-40(27-13-6-2-7-14-27)46-41(45-39)31-18-10-17-30-29(31)21-19-25-20-24-34-36(35(25)30)32-22-23-33-37(38(32)48-34)47-42(43-33)28-15-8-3-9-16-28/h1-24H. The first-order valence-electron chi connectivity index (χ1n) is 15.8. The lowest BCUT2D eigenvalue weighted by Crippen LogP contribution is -2.00. The average Bonchev–Trinajstić information content (AvgIpc) is 3.77. The van der Waals surface area contributed by atoms with Crippen molar-refractivity contribution in [2.45, 2.75) is 0 Å². The van der Waals surface area contributed by atoms with Gasteiger partial charge in [0.2, 0.25) is 5.89 Å². The first kappa shape index (κ1) is 26.9. The molecule has 0 amide bonds. The molecule has 0 bridgehead atoms. The number of rotatable bonds is 4. The van der Waals surface area contributed by atoms with Crippen molar-refractivity contribution < 1.29 is 4.42 Å². The maximum absolute atomic E-state index is 6.45. The molecule has 0 spiro atoms. The quantitative estimate of drug-likeness (QED) is 0.181. The normalized spacial score (nSPS) is 11.8. The smallest absolute Gasteiger partial charge is 0.227 e. The summed E-state index contributed by atoms with van der Waals surface area (Å²) in [6.45, 7) is 0. The SMILES string of the molecule is c1ccc(-c2nc(-c3ccccc3)nc(-c3cccc4c3ccc3ccc5sc6c(ccc7nc(-c8ccccc8)oc76)c5c34)n2)cc1. The first-order valence-corrected chi connectivity index (χ1v) is 16.6. The Balaban J connectivity index is 1.22. The fourth-order valence-corrected chi connectivity index (χ4v) is 7.91. The Hall–Kier alpha value is -6.24. The van der Waals surface area contributed by atoms with E-state index in [0.717, 1.165) is 48.8 Å². The third-order valence-corrected chi connectivity index (χ3v) is 10.1. The second-order valence-corrected chi connectivity index (χ2v) is 12.9. The van der Waals surface area contributed by atoms with Gasteiger partial charge in [-0.1, -0.05) is 121 Å². The van der Waals surface area contributed by atoms with Gasteiger partial charge in [0.25, 0.3) is 0 Å². The molecule has 224 valence electrons.